The standard InChI is InChI=1S/C64H45NO.C55H37NS/c1-63(2)57-25-12-9-22-51(57)54-36-33-49(40-60(54)63)65(48-31-28-44(29-32-48)42-16-5-3-6-17-42)50-34-37-56-55-35-30-47(39-61(55)66-62(56)41-50)64(46-21-15-20-45(38-46)43-18-7-4-8-19-43)58-26-13-10-23-52(58)53-24-11-14-27-59(53)64;1-4-16-38(17-5-1)39-30-33-44(34-31-39)56(43-21-8-3-9-22-43)45-23-14-18-40(36-45)41-32-35-53-49(37-41)48-26-15-29-52(54(48)57-53)55(42-19-6-2-7-20-42)50-27-12-10-24-46(50)47-25-11-13-28-51(47)55/h3-41H,1-2H3;1-37H. The molecule has 0 fully saturated rings. The van der Waals surface area contributed by atoms with E-state index in [2.05, 4.69) is 485 Å². The molecule has 0 spiro atoms. The molecule has 0 radical (unpaired) electrons. The molecule has 0 atom stereocenters. The molecule has 0 saturated carbocycles. The van der Waals surface area contributed by atoms with E-state index < -0.39 is 10.8 Å². The van der Waals surface area contributed by atoms with Crippen molar-refractivity contribution in [1.82, 2.24) is 0 Å². The molecular weight excluding hydrogens is 1510 g/mol. The van der Waals surface area contributed by atoms with Gasteiger partial charge in [0.2, 0.25) is 0 Å². The highest BCUT2D eigenvalue weighted by molar-refractivity contribution is 7.26. The average Bonchev–Trinajstić information content (AvgIpc) is 1.54. The van der Waals surface area contributed by atoms with E-state index in [-0.39, 0.29) is 5.41 Å². The molecule has 0 unspecified atom stereocenters. The molecule has 0 aliphatic heterocycles. The molecule has 123 heavy (non-hydrogen) atoms. The molecule has 19 aromatic carbocycles. The van der Waals surface area contributed by atoms with E-state index in [0.717, 1.165) is 56.1 Å². The number of benzene rings is 19. The largest absolute Gasteiger partial charge is 0.456 e. The molecule has 2 aromatic heterocycles. The fraction of sp³-hybridized carbons (Fsp3) is 0.0420. The van der Waals surface area contributed by atoms with E-state index in [1.54, 1.807) is 0 Å². The Morgan fingerprint density at radius 3 is 1.15 bits per heavy atom. The van der Waals surface area contributed by atoms with Crippen LogP contribution in [0.3, 0.4) is 0 Å². The van der Waals surface area contributed by atoms with Gasteiger partial charge in [-0.15, -0.1) is 11.3 Å². The van der Waals surface area contributed by atoms with Crippen LogP contribution < -0.4 is 9.80 Å². The Labute approximate surface area is 721 Å². The first-order chi connectivity index (χ1) is 60.7. The summed E-state index contributed by atoms with van der Waals surface area (Å²) in [5.74, 6) is 0. The Bertz CT molecular complexity index is 7550. The van der Waals surface area contributed by atoms with E-state index in [0.29, 0.717) is 0 Å². The van der Waals surface area contributed by atoms with Gasteiger partial charge < -0.3 is 14.2 Å². The normalized spacial score (nSPS) is 13.3. The zero-order chi connectivity index (χ0) is 81.7. The van der Waals surface area contributed by atoms with Gasteiger partial charge in [0.15, 0.2) is 0 Å². The third-order valence-electron chi connectivity index (χ3n) is 26.3. The van der Waals surface area contributed by atoms with E-state index in [1.807, 2.05) is 11.3 Å². The minimum Gasteiger partial charge on any atom is -0.456 e. The van der Waals surface area contributed by atoms with Crippen molar-refractivity contribution < 1.29 is 4.42 Å². The van der Waals surface area contributed by atoms with E-state index in [9.17, 15) is 0 Å². The number of thiophene rings is 1. The summed E-state index contributed by atoms with van der Waals surface area (Å²) in [5.41, 5.74) is 37.6. The van der Waals surface area contributed by atoms with E-state index in [1.165, 1.54) is 154 Å². The van der Waals surface area contributed by atoms with Gasteiger partial charge in [0.25, 0.3) is 0 Å². The first kappa shape index (κ1) is 73.0. The monoisotopic (exact) mass is 1590 g/mol. The number of furan rings is 1. The fourth-order valence-electron chi connectivity index (χ4n) is 20.7. The Morgan fingerprint density at radius 1 is 0.203 bits per heavy atom. The van der Waals surface area contributed by atoms with Gasteiger partial charge in [0.05, 0.1) is 10.8 Å². The molecule has 0 bridgehead atoms. The Morgan fingerprint density at radius 2 is 0.561 bits per heavy atom. The lowest BCUT2D eigenvalue weighted by Gasteiger charge is -2.34. The van der Waals surface area contributed by atoms with Crippen LogP contribution in [0.5, 0.6) is 0 Å². The summed E-state index contributed by atoms with van der Waals surface area (Å²) in [7, 11) is 0. The maximum absolute atomic E-state index is 7.06. The SMILES string of the molecule is CC1(C)c2ccccc2-c2ccc(N(c3ccc(-c4ccccc4)cc3)c3ccc4c(c3)oc3cc(C5(c6cccc(-c7ccccc7)c6)c6ccccc6-c6ccccc65)ccc34)cc21.c1ccc(-c2ccc(N(c3ccccc3)c3cccc(-c4ccc5sc6c(C7(c8ccccc8)c8ccccc8-c8ccccc87)cccc6c5c4)c3)cc2)cc1. The van der Waals surface area contributed by atoms with Gasteiger partial charge >= 0.3 is 0 Å². The van der Waals surface area contributed by atoms with Gasteiger partial charge in [0.1, 0.15) is 11.2 Å². The van der Waals surface area contributed by atoms with Crippen LogP contribution in [0.2, 0.25) is 0 Å². The third kappa shape index (κ3) is 11.9. The van der Waals surface area contributed by atoms with Gasteiger partial charge in [0, 0.05) is 76.6 Å². The highest BCUT2D eigenvalue weighted by Gasteiger charge is 2.49. The zero-order valence-corrected chi connectivity index (χ0v) is 68.9. The van der Waals surface area contributed by atoms with Gasteiger partial charge in [-0.25, -0.2) is 0 Å². The highest BCUT2D eigenvalue weighted by atomic mass is 32.1. The summed E-state index contributed by atoms with van der Waals surface area (Å²) in [6.07, 6.45) is 0. The third-order valence-corrected chi connectivity index (χ3v) is 27.5. The zero-order valence-electron chi connectivity index (χ0n) is 68.1. The lowest BCUT2D eigenvalue weighted by atomic mass is 9.67. The molecule has 0 amide bonds. The van der Waals surface area contributed by atoms with Crippen molar-refractivity contribution in [3.8, 4) is 77.9 Å². The Hall–Kier alpha value is -15.2. The molecular formula is C119H82N2OS. The summed E-state index contributed by atoms with van der Waals surface area (Å²) in [6, 6.07) is 169. The van der Waals surface area contributed by atoms with Crippen molar-refractivity contribution in [3.63, 3.8) is 0 Å². The van der Waals surface area contributed by atoms with Crippen LogP contribution in [0.25, 0.3) is 120 Å². The van der Waals surface area contributed by atoms with Crippen LogP contribution >= 0.6 is 11.3 Å². The number of para-hydroxylation sites is 1. The summed E-state index contributed by atoms with van der Waals surface area (Å²) in [6.45, 7) is 4.70. The number of anilines is 6. The van der Waals surface area contributed by atoms with Gasteiger partial charge in [-0.3, -0.25) is 0 Å². The van der Waals surface area contributed by atoms with Gasteiger partial charge in [-0.1, -0.05) is 372 Å². The van der Waals surface area contributed by atoms with Crippen LogP contribution in [0.15, 0.2) is 465 Å². The van der Waals surface area contributed by atoms with Crippen molar-refractivity contribution in [2.45, 2.75) is 30.1 Å². The number of nitrogens with zero attached hydrogens (tertiary/aromatic N) is 2. The number of hydrogen-bond acceptors (Lipinski definition) is 4. The van der Waals surface area contributed by atoms with Gasteiger partial charge in [-0.2, -0.15) is 0 Å². The van der Waals surface area contributed by atoms with Crippen molar-refractivity contribution in [2.75, 3.05) is 9.80 Å². The van der Waals surface area contributed by atoms with Crippen molar-refractivity contribution in [2.24, 2.45) is 0 Å². The Balaban J connectivity index is 0.000000144. The van der Waals surface area contributed by atoms with Crippen molar-refractivity contribution in [1.29, 1.82) is 0 Å². The van der Waals surface area contributed by atoms with Crippen LogP contribution in [0, 0.1) is 0 Å². The van der Waals surface area contributed by atoms with Crippen molar-refractivity contribution >= 4 is 87.6 Å². The number of fused-ring (bicyclic) bond motifs is 15. The summed E-state index contributed by atoms with van der Waals surface area (Å²) >= 11 is 1.92. The second-order valence-electron chi connectivity index (χ2n) is 33.3. The molecule has 4 heteroatoms. The number of rotatable bonds is 14. The molecule has 3 nitrogen and oxygen atoms in total. The molecule has 0 N–H and O–H groups in total. The topological polar surface area (TPSA) is 19.6 Å². The van der Waals surface area contributed by atoms with E-state index in [4.69, 9.17) is 4.42 Å². The number of hydrogen-bond donors (Lipinski definition) is 0. The molecule has 24 rings (SSSR count). The predicted molar refractivity (Wildman–Crippen MR) is 516 cm³/mol. The second kappa shape index (κ2) is 29.6. The summed E-state index contributed by atoms with van der Waals surface area (Å²) in [4.78, 5) is 4.73. The first-order valence-electron chi connectivity index (χ1n) is 42.6. The molecule has 580 valence electrons. The van der Waals surface area contributed by atoms with E-state index >= 15 is 0 Å². The summed E-state index contributed by atoms with van der Waals surface area (Å²) < 4.78 is 9.70. The van der Waals surface area contributed by atoms with Gasteiger partial charge in [-0.05, 0) is 231 Å². The van der Waals surface area contributed by atoms with Crippen LogP contribution in [-0.4, -0.2) is 0 Å². The minimum absolute atomic E-state index is 0.133. The molecule has 0 saturated heterocycles. The lowest BCUT2D eigenvalue weighted by molar-refractivity contribution is 0.660. The molecule has 3 aliphatic carbocycles. The van der Waals surface area contributed by atoms with Crippen LogP contribution in [-0.2, 0) is 16.2 Å². The minimum atomic E-state index is -0.569. The maximum Gasteiger partial charge on any atom is 0.137 e. The fourth-order valence-corrected chi connectivity index (χ4v) is 21.9. The quantitative estimate of drug-likeness (QED) is 0.108. The second-order valence-corrected chi connectivity index (χ2v) is 34.3. The summed E-state index contributed by atoms with van der Waals surface area (Å²) in [5, 5.41) is 4.78. The Kier molecular flexibility index (Phi) is 17.6. The lowest BCUT2D eigenvalue weighted by Crippen LogP contribution is -2.28. The first-order valence-corrected chi connectivity index (χ1v) is 43.4. The predicted octanol–water partition coefficient (Wildman–Crippen LogP) is 32.3. The molecule has 2 heterocycles. The van der Waals surface area contributed by atoms with Crippen LogP contribution in [0.1, 0.15) is 69.5 Å². The van der Waals surface area contributed by atoms with Crippen molar-refractivity contribution in [3.05, 3.63) is 517 Å². The smallest absolute Gasteiger partial charge is 0.137 e. The average molecular weight is 1590 g/mol. The van der Waals surface area contributed by atoms with Crippen LogP contribution in [0.4, 0.5) is 34.1 Å². The molecule has 21 aromatic rings. The molecule has 3 aliphatic rings. The maximum atomic E-state index is 7.06. The highest BCUT2D eigenvalue weighted by Crippen LogP contribution is 2.61.